The van der Waals surface area contributed by atoms with E-state index in [0.717, 1.165) is 16.7 Å². The van der Waals surface area contributed by atoms with Gasteiger partial charge in [-0.25, -0.2) is 4.79 Å². The molecule has 0 spiro atoms. The Morgan fingerprint density at radius 1 is 1.38 bits per heavy atom. The zero-order valence-electron chi connectivity index (χ0n) is 19.7. The Morgan fingerprint density at radius 3 is 2.91 bits per heavy atom. The highest BCUT2D eigenvalue weighted by Gasteiger charge is 2.23. The number of rotatable bonds is 8. The van der Waals surface area contributed by atoms with E-state index in [1.165, 1.54) is 0 Å². The molecule has 3 heterocycles. The van der Waals surface area contributed by atoms with Crippen LogP contribution in [0.4, 0.5) is 4.79 Å². The van der Waals surface area contributed by atoms with Crippen molar-refractivity contribution < 1.29 is 19.4 Å². The fourth-order valence-electron chi connectivity index (χ4n) is 3.50. The van der Waals surface area contributed by atoms with Crippen molar-refractivity contribution in [1.29, 1.82) is 0 Å². The molecule has 1 aliphatic heterocycles. The molecule has 1 aliphatic rings. The molecular formula is C24H30N6O4. The van der Waals surface area contributed by atoms with Crippen LogP contribution in [0.25, 0.3) is 5.57 Å². The first-order valence-corrected chi connectivity index (χ1v) is 11.1. The van der Waals surface area contributed by atoms with Crippen LogP contribution in [0.2, 0.25) is 0 Å². The summed E-state index contributed by atoms with van der Waals surface area (Å²) in [5.74, 6) is 0.263. The Kier molecular flexibility index (Phi) is 8.31. The Morgan fingerprint density at radius 2 is 2.18 bits per heavy atom. The largest absolute Gasteiger partial charge is 0.450 e. The molecule has 0 fully saturated rings. The number of hydrogen-bond acceptors (Lipinski definition) is 7. The smallest absolute Gasteiger partial charge is 0.410 e. The van der Waals surface area contributed by atoms with E-state index in [1.54, 1.807) is 47.1 Å². The lowest BCUT2D eigenvalue weighted by atomic mass is 10.0. The molecule has 180 valence electrons. The second-order valence-electron chi connectivity index (χ2n) is 7.99. The molecule has 34 heavy (non-hydrogen) atoms. The van der Waals surface area contributed by atoms with Crippen LogP contribution in [0.1, 0.15) is 54.3 Å². The lowest BCUT2D eigenvalue weighted by Crippen LogP contribution is -2.36. The SMILES string of the molecule is C=C(/C=C\C=C(/C)c1nncn1C(C)CO)NC(=O)c1cc2c(cn1)CCN(C(=O)OCC)C2. The molecule has 0 bridgehead atoms. The molecule has 10 heteroatoms. The van der Waals surface area contributed by atoms with Gasteiger partial charge in [0.1, 0.15) is 12.0 Å². The first kappa shape index (κ1) is 24.8. The number of aromatic nitrogens is 4. The number of allylic oxidation sites excluding steroid dienone is 4. The van der Waals surface area contributed by atoms with Crippen LogP contribution in [0.3, 0.4) is 0 Å². The van der Waals surface area contributed by atoms with Crippen molar-refractivity contribution in [3.05, 3.63) is 71.7 Å². The van der Waals surface area contributed by atoms with Gasteiger partial charge in [-0.3, -0.25) is 9.78 Å². The van der Waals surface area contributed by atoms with Gasteiger partial charge < -0.3 is 24.6 Å². The topological polar surface area (TPSA) is 122 Å². The highest BCUT2D eigenvalue weighted by molar-refractivity contribution is 5.93. The van der Waals surface area contributed by atoms with Crippen molar-refractivity contribution in [3.63, 3.8) is 0 Å². The van der Waals surface area contributed by atoms with Gasteiger partial charge in [0.2, 0.25) is 0 Å². The molecule has 1 unspecified atom stereocenters. The minimum absolute atomic E-state index is 0.0193. The van der Waals surface area contributed by atoms with E-state index >= 15 is 0 Å². The van der Waals surface area contributed by atoms with Gasteiger partial charge in [0, 0.05) is 25.0 Å². The molecule has 0 aromatic carbocycles. The fraction of sp³-hybridized carbons (Fsp3) is 0.375. The van der Waals surface area contributed by atoms with E-state index in [0.29, 0.717) is 37.6 Å². The molecule has 3 rings (SSSR count). The Labute approximate surface area is 198 Å². The first-order chi connectivity index (χ1) is 16.3. The van der Waals surface area contributed by atoms with Gasteiger partial charge in [-0.1, -0.05) is 18.7 Å². The third kappa shape index (κ3) is 5.96. The van der Waals surface area contributed by atoms with Crippen molar-refractivity contribution in [2.45, 2.75) is 39.8 Å². The first-order valence-electron chi connectivity index (χ1n) is 11.1. The van der Waals surface area contributed by atoms with E-state index in [4.69, 9.17) is 4.74 Å². The Hall–Kier alpha value is -3.79. The van der Waals surface area contributed by atoms with Gasteiger partial charge in [0.25, 0.3) is 5.91 Å². The minimum Gasteiger partial charge on any atom is -0.450 e. The van der Waals surface area contributed by atoms with Crippen molar-refractivity contribution in [2.75, 3.05) is 19.8 Å². The number of fused-ring (bicyclic) bond motifs is 1. The van der Waals surface area contributed by atoms with Gasteiger partial charge in [-0.05, 0) is 56.0 Å². The summed E-state index contributed by atoms with van der Waals surface area (Å²) < 4.78 is 6.87. The molecule has 0 saturated carbocycles. The van der Waals surface area contributed by atoms with E-state index in [2.05, 4.69) is 27.1 Å². The van der Waals surface area contributed by atoms with Gasteiger partial charge >= 0.3 is 6.09 Å². The predicted molar refractivity (Wildman–Crippen MR) is 127 cm³/mol. The summed E-state index contributed by atoms with van der Waals surface area (Å²) in [4.78, 5) is 30.6. The molecule has 2 N–H and O–H groups in total. The normalized spacial score (nSPS) is 14.6. The van der Waals surface area contributed by atoms with Gasteiger partial charge in [0.15, 0.2) is 5.82 Å². The maximum atomic E-state index is 12.7. The number of ether oxygens (including phenoxy) is 1. The van der Waals surface area contributed by atoms with Crippen molar-refractivity contribution in [1.82, 2.24) is 30.0 Å². The summed E-state index contributed by atoms with van der Waals surface area (Å²) >= 11 is 0. The van der Waals surface area contributed by atoms with Crippen LogP contribution in [0, 0.1) is 0 Å². The highest BCUT2D eigenvalue weighted by atomic mass is 16.6. The van der Waals surface area contributed by atoms with E-state index in [-0.39, 0.29) is 30.3 Å². The number of aliphatic hydroxyl groups is 1. The van der Waals surface area contributed by atoms with E-state index in [9.17, 15) is 14.7 Å². The number of amides is 2. The van der Waals surface area contributed by atoms with Crippen LogP contribution in [0.5, 0.6) is 0 Å². The second kappa shape index (κ2) is 11.4. The second-order valence-corrected chi connectivity index (χ2v) is 7.99. The molecular weight excluding hydrogens is 436 g/mol. The van der Waals surface area contributed by atoms with Crippen LogP contribution in [0.15, 0.2) is 49.1 Å². The molecule has 1 atom stereocenters. The van der Waals surface area contributed by atoms with Crippen LogP contribution < -0.4 is 5.32 Å². The molecule has 2 aromatic rings. The van der Waals surface area contributed by atoms with Crippen molar-refractivity contribution in [3.8, 4) is 0 Å². The van der Waals surface area contributed by atoms with E-state index < -0.39 is 0 Å². The summed E-state index contributed by atoms with van der Waals surface area (Å²) in [6.45, 7) is 10.6. The number of hydrogen-bond donors (Lipinski definition) is 2. The summed E-state index contributed by atoms with van der Waals surface area (Å²) in [5.41, 5.74) is 3.37. The molecule has 2 aromatic heterocycles. The molecule has 10 nitrogen and oxygen atoms in total. The van der Waals surface area contributed by atoms with E-state index in [1.807, 2.05) is 19.9 Å². The highest BCUT2D eigenvalue weighted by Crippen LogP contribution is 2.20. The quantitative estimate of drug-likeness (QED) is 0.574. The average molecular weight is 467 g/mol. The third-order valence-electron chi connectivity index (χ3n) is 5.44. The lowest BCUT2D eigenvalue weighted by molar-refractivity contribution is 0.0962. The molecule has 0 saturated heterocycles. The lowest BCUT2D eigenvalue weighted by Gasteiger charge is -2.28. The zero-order chi connectivity index (χ0) is 24.7. The monoisotopic (exact) mass is 466 g/mol. The van der Waals surface area contributed by atoms with Crippen LogP contribution in [-0.2, 0) is 17.7 Å². The Bertz CT molecular complexity index is 1120. The molecule has 0 aliphatic carbocycles. The summed E-state index contributed by atoms with van der Waals surface area (Å²) in [6, 6.07) is 1.56. The minimum atomic E-state index is -0.386. The molecule has 2 amide bonds. The fourth-order valence-corrected chi connectivity index (χ4v) is 3.50. The standard InChI is InChI=1S/C24H30N6O4/c1-5-34-24(33)29-10-9-19-12-25-21(11-20(19)13-29)23(32)27-17(3)8-6-7-16(2)22-28-26-15-30(22)18(4)14-31/h6-8,11-12,15,18,31H,3,5,9-10,13-14H2,1-2,4H3,(H,27,32)/b8-6-,16-7+. The van der Waals surface area contributed by atoms with Crippen molar-refractivity contribution in [2.24, 2.45) is 0 Å². The predicted octanol–water partition coefficient (Wildman–Crippen LogP) is 2.64. The summed E-state index contributed by atoms with van der Waals surface area (Å²) in [7, 11) is 0. The molecule has 0 radical (unpaired) electrons. The Balaban J connectivity index is 1.62. The third-order valence-corrected chi connectivity index (χ3v) is 5.44. The average Bonchev–Trinajstić information content (AvgIpc) is 3.33. The number of carbonyl (C=O) groups is 2. The summed E-state index contributed by atoms with van der Waals surface area (Å²) in [6.07, 6.45) is 8.80. The zero-order valence-corrected chi connectivity index (χ0v) is 19.7. The number of nitrogens with zero attached hydrogens (tertiary/aromatic N) is 5. The number of pyridine rings is 1. The van der Waals surface area contributed by atoms with Crippen molar-refractivity contribution >= 4 is 17.6 Å². The van der Waals surface area contributed by atoms with Gasteiger partial charge in [-0.15, -0.1) is 10.2 Å². The maximum absolute atomic E-state index is 12.7. The van der Waals surface area contributed by atoms with Crippen LogP contribution >= 0.6 is 0 Å². The summed E-state index contributed by atoms with van der Waals surface area (Å²) in [5, 5.41) is 20.1. The number of carbonyl (C=O) groups excluding carboxylic acids is 2. The van der Waals surface area contributed by atoms with Gasteiger partial charge in [0.05, 0.1) is 19.3 Å². The number of aliphatic hydroxyl groups excluding tert-OH is 1. The van der Waals surface area contributed by atoms with Gasteiger partial charge in [-0.2, -0.15) is 0 Å². The van der Waals surface area contributed by atoms with Crippen LogP contribution in [-0.4, -0.2) is 61.5 Å². The maximum Gasteiger partial charge on any atom is 0.410 e. The number of nitrogens with one attached hydrogen (secondary N) is 1.